The highest BCUT2D eigenvalue weighted by Gasteiger charge is 2.06. The number of amides is 1. The van der Waals surface area contributed by atoms with Crippen molar-refractivity contribution in [3.05, 3.63) is 34.9 Å². The third-order valence-corrected chi connectivity index (χ3v) is 3.92. The summed E-state index contributed by atoms with van der Waals surface area (Å²) < 4.78 is 0. The fourth-order valence-electron chi connectivity index (χ4n) is 2.24. The minimum Gasteiger partial charge on any atom is -0.353 e. The highest BCUT2D eigenvalue weighted by Crippen LogP contribution is 2.15. The first kappa shape index (κ1) is 16.1. The van der Waals surface area contributed by atoms with Gasteiger partial charge in [0.15, 0.2) is 0 Å². The average Bonchev–Trinajstić information content (AvgIpc) is 2.27. The summed E-state index contributed by atoms with van der Waals surface area (Å²) in [6.07, 6.45) is 2.16. The third-order valence-electron chi connectivity index (χ3n) is 2.91. The molecule has 0 unspecified atom stereocenters. The zero-order chi connectivity index (χ0) is 14.3. The molecule has 0 saturated heterocycles. The second-order valence-corrected chi connectivity index (χ2v) is 6.23. The van der Waals surface area contributed by atoms with E-state index < -0.39 is 0 Å². The summed E-state index contributed by atoms with van der Waals surface area (Å²) in [6, 6.07) is 6.85. The summed E-state index contributed by atoms with van der Waals surface area (Å²) in [4.78, 5) is 11.7. The van der Waals surface area contributed by atoms with Gasteiger partial charge in [0.05, 0.1) is 5.75 Å². The maximum atomic E-state index is 11.7. The van der Waals surface area contributed by atoms with Crippen LogP contribution in [0, 0.1) is 13.8 Å². The molecule has 3 heteroatoms. The first-order valence-corrected chi connectivity index (χ1v) is 8.11. The Hall–Kier alpha value is -0.960. The Balaban J connectivity index is 2.31. The van der Waals surface area contributed by atoms with Gasteiger partial charge in [-0.1, -0.05) is 42.7 Å². The zero-order valence-corrected chi connectivity index (χ0v) is 13.3. The standard InChI is InChI=1S/C16H25NOS/c1-5-6-14(4)17-16(18)11-19-10-15-8-12(2)7-13(3)9-15/h7-9,14H,5-6,10-11H2,1-4H3,(H,17,18)/t14-/m0/s1. The molecule has 2 nitrogen and oxygen atoms in total. The van der Waals surface area contributed by atoms with Gasteiger partial charge in [-0.05, 0) is 32.8 Å². The van der Waals surface area contributed by atoms with E-state index in [4.69, 9.17) is 0 Å². The van der Waals surface area contributed by atoms with Gasteiger partial charge in [0.1, 0.15) is 0 Å². The minimum absolute atomic E-state index is 0.148. The van der Waals surface area contributed by atoms with E-state index in [2.05, 4.69) is 51.2 Å². The van der Waals surface area contributed by atoms with E-state index >= 15 is 0 Å². The van der Waals surface area contributed by atoms with Crippen molar-refractivity contribution in [1.82, 2.24) is 5.32 Å². The van der Waals surface area contributed by atoms with E-state index in [9.17, 15) is 4.79 Å². The first-order valence-electron chi connectivity index (χ1n) is 6.95. The number of nitrogens with one attached hydrogen (secondary N) is 1. The van der Waals surface area contributed by atoms with Crippen molar-refractivity contribution in [1.29, 1.82) is 0 Å². The molecule has 0 aliphatic carbocycles. The van der Waals surface area contributed by atoms with Gasteiger partial charge in [0, 0.05) is 11.8 Å². The first-order chi connectivity index (χ1) is 9.01. The van der Waals surface area contributed by atoms with Crippen LogP contribution in [0.5, 0.6) is 0 Å². The molecule has 1 N–H and O–H groups in total. The maximum absolute atomic E-state index is 11.7. The molecule has 1 rings (SSSR count). The highest BCUT2D eigenvalue weighted by atomic mass is 32.2. The van der Waals surface area contributed by atoms with Gasteiger partial charge in [-0.3, -0.25) is 4.79 Å². The number of aryl methyl sites for hydroxylation is 2. The second kappa shape index (κ2) is 8.26. The lowest BCUT2D eigenvalue weighted by Crippen LogP contribution is -2.33. The summed E-state index contributed by atoms with van der Waals surface area (Å²) in [6.45, 7) is 8.42. The fourth-order valence-corrected chi connectivity index (χ4v) is 3.01. The number of thioether (sulfide) groups is 1. The normalized spacial score (nSPS) is 12.2. The average molecular weight is 279 g/mol. The molecule has 19 heavy (non-hydrogen) atoms. The lowest BCUT2D eigenvalue weighted by Gasteiger charge is -2.12. The topological polar surface area (TPSA) is 29.1 Å². The Morgan fingerprint density at radius 3 is 2.47 bits per heavy atom. The van der Waals surface area contributed by atoms with E-state index in [-0.39, 0.29) is 5.91 Å². The molecule has 1 aromatic carbocycles. The van der Waals surface area contributed by atoms with E-state index in [0.717, 1.165) is 18.6 Å². The van der Waals surface area contributed by atoms with Gasteiger partial charge in [-0.2, -0.15) is 0 Å². The van der Waals surface area contributed by atoms with Gasteiger partial charge < -0.3 is 5.32 Å². The summed E-state index contributed by atoms with van der Waals surface area (Å²) in [5.74, 6) is 1.59. The highest BCUT2D eigenvalue weighted by molar-refractivity contribution is 7.99. The molecule has 1 aromatic rings. The van der Waals surface area contributed by atoms with Crippen molar-refractivity contribution in [3.8, 4) is 0 Å². The number of benzene rings is 1. The van der Waals surface area contributed by atoms with Crippen molar-refractivity contribution >= 4 is 17.7 Å². The molecule has 1 atom stereocenters. The van der Waals surface area contributed by atoms with Gasteiger partial charge >= 0.3 is 0 Å². The minimum atomic E-state index is 0.148. The van der Waals surface area contributed by atoms with Crippen LogP contribution in [-0.2, 0) is 10.5 Å². The van der Waals surface area contributed by atoms with Crippen LogP contribution in [0.25, 0.3) is 0 Å². The van der Waals surface area contributed by atoms with Crippen LogP contribution >= 0.6 is 11.8 Å². The van der Waals surface area contributed by atoms with Gasteiger partial charge in [0.2, 0.25) is 5.91 Å². The molecule has 0 fully saturated rings. The molecule has 0 spiro atoms. The van der Waals surface area contributed by atoms with Crippen LogP contribution in [0.2, 0.25) is 0 Å². The molecule has 0 aliphatic rings. The van der Waals surface area contributed by atoms with Crippen LogP contribution in [-0.4, -0.2) is 17.7 Å². The van der Waals surface area contributed by atoms with E-state index in [1.807, 2.05) is 0 Å². The number of hydrogen-bond acceptors (Lipinski definition) is 2. The number of hydrogen-bond donors (Lipinski definition) is 1. The Bertz CT molecular complexity index is 397. The van der Waals surface area contributed by atoms with Gasteiger partial charge in [0.25, 0.3) is 0 Å². The largest absolute Gasteiger partial charge is 0.353 e. The maximum Gasteiger partial charge on any atom is 0.230 e. The van der Waals surface area contributed by atoms with Gasteiger partial charge in [-0.25, -0.2) is 0 Å². The summed E-state index contributed by atoms with van der Waals surface area (Å²) in [5, 5.41) is 3.03. The molecular formula is C16H25NOS. The van der Waals surface area contributed by atoms with Crippen LogP contribution in [0.1, 0.15) is 43.4 Å². The predicted octanol–water partition coefficient (Wildman–Crippen LogP) is 3.84. The molecule has 0 aliphatic heterocycles. The Kier molecular flexibility index (Phi) is 7.00. The van der Waals surface area contributed by atoms with Crippen LogP contribution in [0.3, 0.4) is 0 Å². The molecule has 1 amide bonds. The smallest absolute Gasteiger partial charge is 0.230 e. The number of rotatable bonds is 7. The molecule has 0 heterocycles. The van der Waals surface area contributed by atoms with E-state index in [0.29, 0.717) is 11.8 Å². The van der Waals surface area contributed by atoms with Crippen LogP contribution in [0.4, 0.5) is 0 Å². The fraction of sp³-hybridized carbons (Fsp3) is 0.562. The van der Waals surface area contributed by atoms with E-state index in [1.54, 1.807) is 11.8 Å². The number of carbonyl (C=O) groups is 1. The molecule has 0 radical (unpaired) electrons. The van der Waals surface area contributed by atoms with Crippen molar-refractivity contribution < 1.29 is 4.79 Å². The van der Waals surface area contributed by atoms with Gasteiger partial charge in [-0.15, -0.1) is 11.8 Å². The lowest BCUT2D eigenvalue weighted by atomic mass is 10.1. The Morgan fingerprint density at radius 2 is 1.89 bits per heavy atom. The summed E-state index contributed by atoms with van der Waals surface area (Å²) in [7, 11) is 0. The monoisotopic (exact) mass is 279 g/mol. The lowest BCUT2D eigenvalue weighted by molar-refractivity contribution is -0.119. The number of carbonyl (C=O) groups excluding carboxylic acids is 1. The predicted molar refractivity (Wildman–Crippen MR) is 84.6 cm³/mol. The SMILES string of the molecule is CCC[C@H](C)NC(=O)CSCc1cc(C)cc(C)c1. The van der Waals surface area contributed by atoms with Crippen molar-refractivity contribution in [2.75, 3.05) is 5.75 Å². The Morgan fingerprint density at radius 1 is 1.26 bits per heavy atom. The van der Waals surface area contributed by atoms with Crippen LogP contribution in [0.15, 0.2) is 18.2 Å². The van der Waals surface area contributed by atoms with E-state index in [1.165, 1.54) is 16.7 Å². The molecular weight excluding hydrogens is 254 g/mol. The summed E-state index contributed by atoms with van der Waals surface area (Å²) >= 11 is 1.68. The second-order valence-electron chi connectivity index (χ2n) is 5.25. The van der Waals surface area contributed by atoms with Crippen molar-refractivity contribution in [3.63, 3.8) is 0 Å². The van der Waals surface area contributed by atoms with Crippen molar-refractivity contribution in [2.24, 2.45) is 0 Å². The van der Waals surface area contributed by atoms with Crippen LogP contribution < -0.4 is 5.32 Å². The molecule has 106 valence electrons. The summed E-state index contributed by atoms with van der Waals surface area (Å²) in [5.41, 5.74) is 3.88. The molecule has 0 bridgehead atoms. The quantitative estimate of drug-likeness (QED) is 0.821. The van der Waals surface area contributed by atoms with Crippen molar-refractivity contribution in [2.45, 2.75) is 52.3 Å². The Labute approximate surface area is 121 Å². The molecule has 0 saturated carbocycles. The molecule has 0 aromatic heterocycles. The third kappa shape index (κ3) is 6.67. The zero-order valence-electron chi connectivity index (χ0n) is 12.5.